The van der Waals surface area contributed by atoms with Crippen LogP contribution in [0.1, 0.15) is 56.9 Å². The third-order valence-corrected chi connectivity index (χ3v) is 7.47. The molecule has 1 aromatic carbocycles. The van der Waals surface area contributed by atoms with Crippen molar-refractivity contribution in [3.63, 3.8) is 0 Å². The van der Waals surface area contributed by atoms with Gasteiger partial charge in [0.1, 0.15) is 5.52 Å². The lowest BCUT2D eigenvalue weighted by atomic mass is 9.76. The van der Waals surface area contributed by atoms with E-state index < -0.39 is 0 Å². The van der Waals surface area contributed by atoms with Crippen LogP contribution in [0.2, 0.25) is 0 Å². The summed E-state index contributed by atoms with van der Waals surface area (Å²) in [6.07, 6.45) is 11.0. The Morgan fingerprint density at radius 2 is 2.07 bits per heavy atom. The number of carbonyl (C=O) groups excluding carboxylic acids is 1. The molecule has 1 amide bonds. The smallest absolute Gasteiger partial charge is 0.237 e. The molecule has 3 aliphatic rings. The Morgan fingerprint density at radius 3 is 2.86 bits per heavy atom. The first-order valence-electron chi connectivity index (χ1n) is 10.9. The quantitative estimate of drug-likeness (QED) is 0.835. The molecule has 2 atom stereocenters. The molecule has 2 aromatic rings. The minimum atomic E-state index is -0.0383. The molecule has 6 nitrogen and oxygen atoms in total. The number of hydrogen-bond donors (Lipinski definition) is 2. The van der Waals surface area contributed by atoms with Gasteiger partial charge in [0.05, 0.1) is 11.6 Å². The summed E-state index contributed by atoms with van der Waals surface area (Å²) in [6, 6.07) is 6.01. The average molecular weight is 382 g/mol. The van der Waals surface area contributed by atoms with E-state index in [1.807, 2.05) is 25.2 Å². The molecule has 2 heterocycles. The molecule has 1 saturated heterocycles. The zero-order valence-electron chi connectivity index (χ0n) is 16.8. The van der Waals surface area contributed by atoms with Gasteiger partial charge in [-0.3, -0.25) is 4.79 Å². The first-order valence-corrected chi connectivity index (χ1v) is 10.9. The van der Waals surface area contributed by atoms with Crippen LogP contribution in [0.4, 0.5) is 0 Å². The molecule has 0 bridgehead atoms. The van der Waals surface area contributed by atoms with Gasteiger partial charge in [0, 0.05) is 13.6 Å². The largest absolute Gasteiger partial charge is 0.351 e. The van der Waals surface area contributed by atoms with E-state index in [0.29, 0.717) is 12.5 Å². The van der Waals surface area contributed by atoms with Crippen molar-refractivity contribution in [2.24, 2.45) is 24.3 Å². The Morgan fingerprint density at radius 1 is 1.25 bits per heavy atom. The van der Waals surface area contributed by atoms with Gasteiger partial charge in [0.25, 0.3) is 0 Å². The summed E-state index contributed by atoms with van der Waals surface area (Å²) in [5, 5.41) is 14.7. The topological polar surface area (TPSA) is 71.8 Å². The van der Waals surface area contributed by atoms with Crippen molar-refractivity contribution in [1.82, 2.24) is 25.6 Å². The number of aryl methyl sites for hydroxylation is 1. The molecule has 2 aliphatic carbocycles. The lowest BCUT2D eigenvalue weighted by Crippen LogP contribution is -2.39. The zero-order valence-corrected chi connectivity index (χ0v) is 16.8. The molecule has 2 N–H and O–H groups in total. The Hall–Kier alpha value is -1.95. The van der Waals surface area contributed by atoms with Crippen LogP contribution < -0.4 is 10.6 Å². The standard InChI is InChI=1S/C22H31N5O/c1-27-20-3-2-16(11-18(20)25-26-27)13-24-21(28)19-12-17(14-23-19)10-15-4-6-22(7-5-15)8-9-22/h2-3,11,15,17,19,23H,4-10,12-14H2,1H3,(H,24,28). The minimum Gasteiger partial charge on any atom is -0.351 e. The van der Waals surface area contributed by atoms with E-state index in [9.17, 15) is 4.79 Å². The van der Waals surface area contributed by atoms with Crippen LogP contribution in [-0.4, -0.2) is 33.5 Å². The second-order valence-corrected chi connectivity index (χ2v) is 9.50. The summed E-state index contributed by atoms with van der Waals surface area (Å²) in [5.74, 6) is 1.67. The van der Waals surface area contributed by atoms with E-state index in [0.717, 1.165) is 40.9 Å². The van der Waals surface area contributed by atoms with Crippen LogP contribution in [0, 0.1) is 17.3 Å². The highest BCUT2D eigenvalue weighted by Crippen LogP contribution is 2.57. The fraction of sp³-hybridized carbons (Fsp3) is 0.682. The summed E-state index contributed by atoms with van der Waals surface area (Å²) < 4.78 is 1.76. The Labute approximate surface area is 166 Å². The van der Waals surface area contributed by atoms with Gasteiger partial charge >= 0.3 is 0 Å². The van der Waals surface area contributed by atoms with Gasteiger partial charge in [0.15, 0.2) is 0 Å². The molecule has 1 aliphatic heterocycles. The highest BCUT2D eigenvalue weighted by Gasteiger charge is 2.45. The maximum absolute atomic E-state index is 12.6. The molecule has 2 saturated carbocycles. The SMILES string of the molecule is Cn1nnc2cc(CNC(=O)C3CC(CC4CCC5(CC4)CC5)CN3)ccc21. The van der Waals surface area contributed by atoms with E-state index in [1.54, 1.807) is 4.68 Å². The molecule has 28 heavy (non-hydrogen) atoms. The molecule has 2 unspecified atom stereocenters. The van der Waals surface area contributed by atoms with Gasteiger partial charge in [-0.2, -0.15) is 0 Å². The summed E-state index contributed by atoms with van der Waals surface area (Å²) in [4.78, 5) is 12.6. The molecular weight excluding hydrogens is 350 g/mol. The minimum absolute atomic E-state index is 0.0383. The van der Waals surface area contributed by atoms with Gasteiger partial charge in [-0.05, 0) is 92.9 Å². The molecule has 1 aromatic heterocycles. The summed E-state index contributed by atoms with van der Waals surface area (Å²) in [7, 11) is 1.89. The number of benzene rings is 1. The van der Waals surface area contributed by atoms with Crippen LogP contribution in [0.5, 0.6) is 0 Å². The van der Waals surface area contributed by atoms with Gasteiger partial charge in [0.2, 0.25) is 5.91 Å². The van der Waals surface area contributed by atoms with E-state index in [2.05, 4.69) is 20.9 Å². The predicted octanol–water partition coefficient (Wildman–Crippen LogP) is 2.92. The zero-order chi connectivity index (χ0) is 19.1. The van der Waals surface area contributed by atoms with Crippen LogP contribution >= 0.6 is 0 Å². The summed E-state index contributed by atoms with van der Waals surface area (Å²) in [5.41, 5.74) is 3.72. The number of amides is 1. The van der Waals surface area contributed by atoms with Crippen molar-refractivity contribution >= 4 is 16.9 Å². The third-order valence-electron chi connectivity index (χ3n) is 7.47. The van der Waals surface area contributed by atoms with Crippen molar-refractivity contribution < 1.29 is 4.79 Å². The molecule has 5 rings (SSSR count). The Balaban J connectivity index is 1.09. The Kier molecular flexibility index (Phi) is 4.62. The number of fused-ring (bicyclic) bond motifs is 1. The van der Waals surface area contributed by atoms with E-state index >= 15 is 0 Å². The highest BCUT2D eigenvalue weighted by atomic mass is 16.2. The monoisotopic (exact) mass is 381 g/mol. The molecule has 0 radical (unpaired) electrons. The van der Waals surface area contributed by atoms with Crippen molar-refractivity contribution in [2.45, 2.75) is 64.0 Å². The first kappa shape index (κ1) is 18.1. The molecule has 1 spiro atoms. The van der Waals surface area contributed by atoms with Crippen LogP contribution in [0.25, 0.3) is 11.0 Å². The maximum atomic E-state index is 12.6. The maximum Gasteiger partial charge on any atom is 0.237 e. The van der Waals surface area contributed by atoms with E-state index in [-0.39, 0.29) is 11.9 Å². The number of carbonyl (C=O) groups is 1. The third kappa shape index (κ3) is 3.66. The number of hydrogen-bond acceptors (Lipinski definition) is 4. The summed E-state index contributed by atoms with van der Waals surface area (Å²) in [6.45, 7) is 1.53. The highest BCUT2D eigenvalue weighted by molar-refractivity contribution is 5.82. The lowest BCUT2D eigenvalue weighted by molar-refractivity contribution is -0.123. The lowest BCUT2D eigenvalue weighted by Gasteiger charge is -2.29. The first-order chi connectivity index (χ1) is 13.6. The normalized spacial score (nSPS) is 26.8. The molecule has 6 heteroatoms. The second-order valence-electron chi connectivity index (χ2n) is 9.50. The van der Waals surface area contributed by atoms with Crippen LogP contribution in [-0.2, 0) is 18.4 Å². The number of aromatic nitrogens is 3. The van der Waals surface area contributed by atoms with Crippen molar-refractivity contribution in [3.05, 3.63) is 23.8 Å². The number of nitrogens with one attached hydrogen (secondary N) is 2. The van der Waals surface area contributed by atoms with Crippen molar-refractivity contribution in [3.8, 4) is 0 Å². The fourth-order valence-corrected chi connectivity index (χ4v) is 5.37. The number of rotatable bonds is 5. The van der Waals surface area contributed by atoms with Crippen LogP contribution in [0.3, 0.4) is 0 Å². The van der Waals surface area contributed by atoms with E-state index in [1.165, 1.54) is 44.9 Å². The van der Waals surface area contributed by atoms with Gasteiger partial charge in [-0.25, -0.2) is 4.68 Å². The van der Waals surface area contributed by atoms with Gasteiger partial charge in [-0.15, -0.1) is 5.10 Å². The molecular formula is C22H31N5O. The van der Waals surface area contributed by atoms with Crippen molar-refractivity contribution in [1.29, 1.82) is 0 Å². The molecule has 150 valence electrons. The number of nitrogens with zero attached hydrogens (tertiary/aromatic N) is 3. The fourth-order valence-electron chi connectivity index (χ4n) is 5.37. The van der Waals surface area contributed by atoms with Gasteiger partial charge < -0.3 is 10.6 Å². The second kappa shape index (κ2) is 7.14. The summed E-state index contributed by atoms with van der Waals surface area (Å²) >= 11 is 0. The van der Waals surface area contributed by atoms with E-state index in [4.69, 9.17) is 0 Å². The predicted molar refractivity (Wildman–Crippen MR) is 108 cm³/mol. The Bertz CT molecular complexity index is 861. The van der Waals surface area contributed by atoms with Crippen LogP contribution in [0.15, 0.2) is 18.2 Å². The van der Waals surface area contributed by atoms with Crippen molar-refractivity contribution in [2.75, 3.05) is 6.54 Å². The average Bonchev–Trinajstić information content (AvgIpc) is 3.12. The molecule has 3 fully saturated rings. The van der Waals surface area contributed by atoms with Gasteiger partial charge in [-0.1, -0.05) is 11.3 Å².